The summed E-state index contributed by atoms with van der Waals surface area (Å²) in [5, 5.41) is 5.67. The zero-order valence-corrected chi connectivity index (χ0v) is 15.6. The first-order valence-electron chi connectivity index (χ1n) is 9.27. The molecule has 1 saturated carbocycles. The van der Waals surface area contributed by atoms with Gasteiger partial charge in [0.2, 0.25) is 5.91 Å². The van der Waals surface area contributed by atoms with Gasteiger partial charge in [-0.25, -0.2) is 14.6 Å². The molecule has 7 heteroatoms. The second-order valence-corrected chi connectivity index (χ2v) is 8.28. The summed E-state index contributed by atoms with van der Waals surface area (Å²) in [6.45, 7) is 3.51. The van der Waals surface area contributed by atoms with Crippen molar-refractivity contribution < 1.29 is 4.79 Å². The third-order valence-corrected chi connectivity index (χ3v) is 6.36. The maximum absolute atomic E-state index is 12.8. The Bertz CT molecular complexity index is 940. The van der Waals surface area contributed by atoms with Crippen LogP contribution in [-0.2, 0) is 17.8 Å². The molecule has 0 saturated heterocycles. The molecule has 1 fully saturated rings. The summed E-state index contributed by atoms with van der Waals surface area (Å²) < 4.78 is 3.18. The fraction of sp³-hybridized carbons (Fsp3) is 0.474. The summed E-state index contributed by atoms with van der Waals surface area (Å²) in [4.78, 5) is 24.1. The average Bonchev–Trinajstić information content (AvgIpc) is 3.26. The summed E-state index contributed by atoms with van der Waals surface area (Å²) in [6, 6.07) is 8.12. The van der Waals surface area contributed by atoms with E-state index < -0.39 is 0 Å². The van der Waals surface area contributed by atoms with Crippen molar-refractivity contribution in [1.29, 1.82) is 0 Å². The molecule has 1 aliphatic carbocycles. The van der Waals surface area contributed by atoms with Gasteiger partial charge in [-0.1, -0.05) is 12.1 Å². The maximum Gasteiger partial charge on any atom is 0.223 e. The standard InChI is InChI=1S/C19H21N5OS/c1-12-19-21-18(13-6-7-13)22-24(19)11-10-23(12)17(25)9-8-16-20-14-4-2-3-5-15(14)26-16/h2-5,12-13H,6-11H2,1H3/t12-/m1/s1. The molecule has 0 radical (unpaired) electrons. The van der Waals surface area contributed by atoms with Gasteiger partial charge in [-0.05, 0) is 31.9 Å². The number of aryl methyl sites for hydroxylation is 1. The Labute approximate surface area is 155 Å². The number of hydrogen-bond donors (Lipinski definition) is 0. The minimum absolute atomic E-state index is 0.00776. The van der Waals surface area contributed by atoms with E-state index in [1.165, 1.54) is 17.5 Å². The Morgan fingerprint density at radius 1 is 1.23 bits per heavy atom. The van der Waals surface area contributed by atoms with E-state index in [1.54, 1.807) is 11.3 Å². The van der Waals surface area contributed by atoms with Crippen molar-refractivity contribution in [3.63, 3.8) is 0 Å². The van der Waals surface area contributed by atoms with E-state index in [2.05, 4.69) is 23.1 Å². The molecular formula is C19H21N5OS. The number of carbonyl (C=O) groups excluding carboxylic acids is 1. The lowest BCUT2D eigenvalue weighted by atomic mass is 10.2. The number of thiazole rings is 1. The topological polar surface area (TPSA) is 63.9 Å². The highest BCUT2D eigenvalue weighted by atomic mass is 32.1. The van der Waals surface area contributed by atoms with Crippen LogP contribution in [0.15, 0.2) is 24.3 Å². The SMILES string of the molecule is C[C@@H]1c2nc(C3CC3)nn2CCN1C(=O)CCc1nc2ccccc2s1. The molecule has 1 atom stereocenters. The highest BCUT2D eigenvalue weighted by Gasteiger charge is 2.34. The Hall–Kier alpha value is -2.28. The molecule has 5 rings (SSSR count). The normalized spacial score (nSPS) is 19.7. The predicted molar refractivity (Wildman–Crippen MR) is 100 cm³/mol. The molecule has 2 aromatic heterocycles. The second-order valence-electron chi connectivity index (χ2n) is 7.16. The van der Waals surface area contributed by atoms with Gasteiger partial charge in [0.15, 0.2) is 5.82 Å². The fourth-order valence-electron chi connectivity index (χ4n) is 3.62. The van der Waals surface area contributed by atoms with Crippen LogP contribution < -0.4 is 0 Å². The highest BCUT2D eigenvalue weighted by Crippen LogP contribution is 2.39. The van der Waals surface area contributed by atoms with Gasteiger partial charge in [0.25, 0.3) is 0 Å². The van der Waals surface area contributed by atoms with Gasteiger partial charge in [0.1, 0.15) is 5.82 Å². The highest BCUT2D eigenvalue weighted by molar-refractivity contribution is 7.18. The van der Waals surface area contributed by atoms with E-state index in [0.717, 1.165) is 28.7 Å². The van der Waals surface area contributed by atoms with Crippen LogP contribution in [0.4, 0.5) is 0 Å². The molecule has 3 aromatic rings. The molecule has 2 aliphatic rings. The molecular weight excluding hydrogens is 346 g/mol. The average molecular weight is 367 g/mol. The summed E-state index contributed by atoms with van der Waals surface area (Å²) in [7, 11) is 0. The lowest BCUT2D eigenvalue weighted by molar-refractivity contribution is -0.134. The Morgan fingerprint density at radius 3 is 2.88 bits per heavy atom. The van der Waals surface area contributed by atoms with Crippen molar-refractivity contribution in [3.8, 4) is 0 Å². The quantitative estimate of drug-likeness (QED) is 0.710. The number of rotatable bonds is 4. The zero-order valence-electron chi connectivity index (χ0n) is 14.8. The van der Waals surface area contributed by atoms with Crippen molar-refractivity contribution in [2.24, 2.45) is 0 Å². The van der Waals surface area contributed by atoms with Crippen LogP contribution in [0.5, 0.6) is 0 Å². The molecule has 0 N–H and O–H groups in total. The molecule has 26 heavy (non-hydrogen) atoms. The molecule has 0 spiro atoms. The summed E-state index contributed by atoms with van der Waals surface area (Å²) in [5.74, 6) is 2.63. The van der Waals surface area contributed by atoms with Gasteiger partial charge in [0, 0.05) is 25.3 Å². The number of carbonyl (C=O) groups is 1. The van der Waals surface area contributed by atoms with Gasteiger partial charge < -0.3 is 4.90 Å². The van der Waals surface area contributed by atoms with Crippen LogP contribution in [-0.4, -0.2) is 37.1 Å². The molecule has 3 heterocycles. The molecule has 0 bridgehead atoms. The minimum atomic E-state index is -0.00776. The van der Waals surface area contributed by atoms with Crippen molar-refractivity contribution in [2.45, 2.75) is 51.1 Å². The fourth-order valence-corrected chi connectivity index (χ4v) is 4.59. The Balaban J connectivity index is 1.27. The number of benzene rings is 1. The number of aromatic nitrogens is 4. The molecule has 134 valence electrons. The lowest BCUT2D eigenvalue weighted by Crippen LogP contribution is -2.41. The van der Waals surface area contributed by atoms with E-state index in [4.69, 9.17) is 4.98 Å². The van der Waals surface area contributed by atoms with Crippen molar-refractivity contribution in [3.05, 3.63) is 40.9 Å². The monoisotopic (exact) mass is 367 g/mol. The third-order valence-electron chi connectivity index (χ3n) is 5.26. The van der Waals surface area contributed by atoms with E-state index in [0.29, 0.717) is 25.3 Å². The first kappa shape index (κ1) is 15.9. The van der Waals surface area contributed by atoms with Crippen molar-refractivity contribution in [2.75, 3.05) is 6.54 Å². The van der Waals surface area contributed by atoms with Gasteiger partial charge in [-0.15, -0.1) is 11.3 Å². The number of nitrogens with zero attached hydrogens (tertiary/aromatic N) is 5. The van der Waals surface area contributed by atoms with Gasteiger partial charge in [0.05, 0.1) is 27.8 Å². The van der Waals surface area contributed by atoms with Crippen molar-refractivity contribution >= 4 is 27.5 Å². The second kappa shape index (κ2) is 6.16. The molecule has 0 unspecified atom stereocenters. The molecule has 1 aliphatic heterocycles. The number of fused-ring (bicyclic) bond motifs is 2. The van der Waals surface area contributed by atoms with Crippen LogP contribution in [0, 0.1) is 0 Å². The summed E-state index contributed by atoms with van der Waals surface area (Å²) in [6.07, 6.45) is 3.58. The van der Waals surface area contributed by atoms with Gasteiger partial charge in [-0.2, -0.15) is 5.10 Å². The van der Waals surface area contributed by atoms with E-state index in [-0.39, 0.29) is 11.9 Å². The molecule has 1 aromatic carbocycles. The number of amides is 1. The first-order chi connectivity index (χ1) is 12.7. The van der Waals surface area contributed by atoms with Crippen LogP contribution >= 0.6 is 11.3 Å². The largest absolute Gasteiger partial charge is 0.331 e. The number of para-hydroxylation sites is 1. The Morgan fingerprint density at radius 2 is 2.08 bits per heavy atom. The maximum atomic E-state index is 12.8. The van der Waals surface area contributed by atoms with Gasteiger partial charge >= 0.3 is 0 Å². The van der Waals surface area contributed by atoms with E-state index >= 15 is 0 Å². The molecule has 1 amide bonds. The Kier molecular flexibility index (Phi) is 3.77. The third kappa shape index (κ3) is 2.80. The smallest absolute Gasteiger partial charge is 0.223 e. The van der Waals surface area contributed by atoms with Crippen LogP contribution in [0.2, 0.25) is 0 Å². The van der Waals surface area contributed by atoms with Crippen LogP contribution in [0.3, 0.4) is 0 Å². The minimum Gasteiger partial charge on any atom is -0.331 e. The van der Waals surface area contributed by atoms with Crippen molar-refractivity contribution in [1.82, 2.24) is 24.6 Å². The zero-order chi connectivity index (χ0) is 17.7. The van der Waals surface area contributed by atoms with E-state index in [9.17, 15) is 4.79 Å². The van der Waals surface area contributed by atoms with Crippen LogP contribution in [0.25, 0.3) is 10.2 Å². The summed E-state index contributed by atoms with van der Waals surface area (Å²) >= 11 is 1.68. The van der Waals surface area contributed by atoms with E-state index in [1.807, 2.05) is 27.8 Å². The van der Waals surface area contributed by atoms with Gasteiger partial charge in [-0.3, -0.25) is 4.79 Å². The van der Waals surface area contributed by atoms with Crippen LogP contribution in [0.1, 0.15) is 54.8 Å². The molecule has 6 nitrogen and oxygen atoms in total. The predicted octanol–water partition coefficient (Wildman–Crippen LogP) is 3.30. The summed E-state index contributed by atoms with van der Waals surface area (Å²) in [5.41, 5.74) is 1.02. The lowest BCUT2D eigenvalue weighted by Gasteiger charge is -2.33. The first-order valence-corrected chi connectivity index (χ1v) is 10.1. The number of hydrogen-bond acceptors (Lipinski definition) is 5.